The van der Waals surface area contributed by atoms with E-state index in [4.69, 9.17) is 11.6 Å². The molecule has 2 amide bonds. The second kappa shape index (κ2) is 9.72. The van der Waals surface area contributed by atoms with Gasteiger partial charge in [-0.25, -0.2) is 0 Å². The third-order valence-corrected chi connectivity index (χ3v) is 4.77. The predicted octanol–water partition coefficient (Wildman–Crippen LogP) is 2.61. The number of amides is 2. The molecule has 0 bridgehead atoms. The van der Waals surface area contributed by atoms with Crippen molar-refractivity contribution >= 4 is 30.5 Å². The van der Waals surface area contributed by atoms with Gasteiger partial charge in [0.15, 0.2) is 0 Å². The van der Waals surface area contributed by atoms with Gasteiger partial charge in [-0.2, -0.15) is 13.2 Å². The average molecular weight is 457 g/mol. The Morgan fingerprint density at radius 3 is 2.19 bits per heavy atom. The molecule has 0 radical (unpaired) electrons. The highest BCUT2D eigenvalue weighted by atomic mass is 35.5. The Bertz CT molecular complexity index is 937. The standard InChI is InChI=1S/C20H21BClF3N2O4/c1-19(2,27-17(28)14-5-3-4-6-15(14)20(23,24)25)18(29)26-16(21(30)31)11-12-7-9-13(22)10-8-12/h3-10,16,30-31H,11H2,1-2H3,(H,26,29)(H,27,28)/t16-/m0/s1. The lowest BCUT2D eigenvalue weighted by Gasteiger charge is -2.28. The SMILES string of the molecule is CC(C)(NC(=O)c1ccccc1C(F)(F)F)C(=O)N[C@@H](Cc1ccc(Cl)cc1)B(O)O. The molecule has 0 unspecified atom stereocenters. The van der Waals surface area contributed by atoms with Crippen molar-refractivity contribution in [1.29, 1.82) is 0 Å². The second-order valence-corrected chi connectivity index (χ2v) is 7.88. The molecule has 0 heterocycles. The number of carbonyl (C=O) groups excluding carboxylic acids is 2. The van der Waals surface area contributed by atoms with E-state index in [-0.39, 0.29) is 6.42 Å². The Balaban J connectivity index is 2.14. The monoisotopic (exact) mass is 456 g/mol. The van der Waals surface area contributed by atoms with Gasteiger partial charge in [0.1, 0.15) is 5.54 Å². The quantitative estimate of drug-likeness (QED) is 0.481. The molecule has 6 nitrogen and oxygen atoms in total. The van der Waals surface area contributed by atoms with E-state index in [1.54, 1.807) is 24.3 Å². The molecule has 0 aliphatic rings. The van der Waals surface area contributed by atoms with Crippen molar-refractivity contribution in [3.63, 3.8) is 0 Å². The van der Waals surface area contributed by atoms with E-state index in [0.717, 1.165) is 18.2 Å². The first-order valence-electron chi connectivity index (χ1n) is 9.21. The number of hydrogen-bond acceptors (Lipinski definition) is 4. The summed E-state index contributed by atoms with van der Waals surface area (Å²) in [5.41, 5.74) is -2.75. The molecule has 0 fully saturated rings. The predicted molar refractivity (Wildman–Crippen MR) is 110 cm³/mol. The molecule has 2 aromatic carbocycles. The van der Waals surface area contributed by atoms with E-state index in [1.807, 2.05) is 0 Å². The lowest BCUT2D eigenvalue weighted by atomic mass is 9.75. The zero-order chi connectivity index (χ0) is 23.4. The van der Waals surface area contributed by atoms with Crippen LogP contribution in [0.5, 0.6) is 0 Å². The summed E-state index contributed by atoms with van der Waals surface area (Å²) in [5, 5.41) is 24.4. The first-order chi connectivity index (χ1) is 14.3. The average Bonchev–Trinajstić information content (AvgIpc) is 2.67. The van der Waals surface area contributed by atoms with Gasteiger partial charge in [-0.05, 0) is 50.1 Å². The smallest absolute Gasteiger partial charge is 0.426 e. The van der Waals surface area contributed by atoms with Crippen LogP contribution >= 0.6 is 11.6 Å². The highest BCUT2D eigenvalue weighted by molar-refractivity contribution is 6.43. The zero-order valence-electron chi connectivity index (χ0n) is 16.7. The fourth-order valence-corrected chi connectivity index (χ4v) is 2.92. The van der Waals surface area contributed by atoms with Gasteiger partial charge in [0.2, 0.25) is 5.91 Å². The number of benzene rings is 2. The minimum atomic E-state index is -4.75. The molecule has 0 spiro atoms. The summed E-state index contributed by atoms with van der Waals surface area (Å²) < 4.78 is 39.5. The van der Waals surface area contributed by atoms with Crippen molar-refractivity contribution in [1.82, 2.24) is 10.6 Å². The van der Waals surface area contributed by atoms with Crippen molar-refractivity contribution in [2.45, 2.75) is 37.9 Å². The van der Waals surface area contributed by atoms with Crippen LogP contribution in [0.4, 0.5) is 13.2 Å². The highest BCUT2D eigenvalue weighted by Gasteiger charge is 2.38. The number of halogens is 4. The third kappa shape index (κ3) is 6.71. The van der Waals surface area contributed by atoms with E-state index < -0.39 is 47.7 Å². The van der Waals surface area contributed by atoms with Crippen LogP contribution in [0.2, 0.25) is 5.02 Å². The fraction of sp³-hybridized carbons (Fsp3) is 0.300. The second-order valence-electron chi connectivity index (χ2n) is 7.45. The lowest BCUT2D eigenvalue weighted by molar-refractivity contribution is -0.137. The van der Waals surface area contributed by atoms with Crippen LogP contribution in [0.25, 0.3) is 0 Å². The number of rotatable bonds is 7. The van der Waals surface area contributed by atoms with Crippen LogP contribution in [0.1, 0.15) is 35.3 Å². The van der Waals surface area contributed by atoms with Gasteiger partial charge in [0.05, 0.1) is 17.1 Å². The van der Waals surface area contributed by atoms with E-state index in [2.05, 4.69) is 10.6 Å². The molecule has 2 rings (SSSR count). The van der Waals surface area contributed by atoms with Gasteiger partial charge in [0.25, 0.3) is 5.91 Å². The molecule has 0 saturated carbocycles. The van der Waals surface area contributed by atoms with Crippen LogP contribution in [0.3, 0.4) is 0 Å². The lowest BCUT2D eigenvalue weighted by Crippen LogP contribution is -2.59. The van der Waals surface area contributed by atoms with Gasteiger partial charge in [0, 0.05) is 5.02 Å². The van der Waals surface area contributed by atoms with Crippen LogP contribution in [-0.4, -0.2) is 40.5 Å². The summed E-state index contributed by atoms with van der Waals surface area (Å²) in [7, 11) is -1.92. The summed E-state index contributed by atoms with van der Waals surface area (Å²) in [6, 6.07) is 10.7. The van der Waals surface area contributed by atoms with Crippen molar-refractivity contribution < 1.29 is 32.8 Å². The summed E-state index contributed by atoms with van der Waals surface area (Å²) in [4.78, 5) is 25.2. The van der Waals surface area contributed by atoms with Crippen molar-refractivity contribution in [3.8, 4) is 0 Å². The minimum absolute atomic E-state index is 0.0432. The topological polar surface area (TPSA) is 98.7 Å². The molecule has 11 heteroatoms. The summed E-state index contributed by atoms with van der Waals surface area (Å²) in [5.74, 6) is -3.03. The maximum atomic E-state index is 13.2. The van der Waals surface area contributed by atoms with Crippen molar-refractivity contribution in [3.05, 3.63) is 70.2 Å². The molecule has 0 aromatic heterocycles. The summed E-state index contributed by atoms with van der Waals surface area (Å²) >= 11 is 5.81. The summed E-state index contributed by atoms with van der Waals surface area (Å²) in [6.07, 6.45) is -4.70. The van der Waals surface area contributed by atoms with Gasteiger partial charge in [-0.3, -0.25) is 9.59 Å². The number of hydrogen-bond donors (Lipinski definition) is 4. The van der Waals surface area contributed by atoms with E-state index in [0.29, 0.717) is 10.6 Å². The van der Waals surface area contributed by atoms with Crippen LogP contribution in [0.15, 0.2) is 48.5 Å². The molecular weight excluding hydrogens is 435 g/mol. The van der Waals surface area contributed by atoms with Crippen molar-refractivity contribution in [2.24, 2.45) is 0 Å². The number of alkyl halides is 3. The summed E-state index contributed by atoms with van der Waals surface area (Å²) in [6.45, 7) is 2.58. The molecule has 1 atom stereocenters. The molecular formula is C20H21BClF3N2O4. The Morgan fingerprint density at radius 1 is 1.06 bits per heavy atom. The first kappa shape index (κ1) is 24.7. The maximum absolute atomic E-state index is 13.2. The van der Waals surface area contributed by atoms with Crippen LogP contribution < -0.4 is 10.6 Å². The first-order valence-corrected chi connectivity index (χ1v) is 9.59. The van der Waals surface area contributed by atoms with Crippen LogP contribution in [0, 0.1) is 0 Å². The fourth-order valence-electron chi connectivity index (χ4n) is 2.79. The molecule has 31 heavy (non-hydrogen) atoms. The number of nitrogens with one attached hydrogen (secondary N) is 2. The highest BCUT2D eigenvalue weighted by Crippen LogP contribution is 2.32. The molecule has 0 aliphatic carbocycles. The Hall–Kier alpha value is -2.56. The minimum Gasteiger partial charge on any atom is -0.426 e. The largest absolute Gasteiger partial charge is 0.475 e. The van der Waals surface area contributed by atoms with Gasteiger partial charge in [-0.1, -0.05) is 35.9 Å². The normalized spacial score (nSPS) is 12.8. The van der Waals surface area contributed by atoms with Crippen LogP contribution in [-0.2, 0) is 17.4 Å². The van der Waals surface area contributed by atoms with E-state index in [9.17, 15) is 32.8 Å². The van der Waals surface area contributed by atoms with Gasteiger partial charge < -0.3 is 20.7 Å². The molecule has 0 saturated heterocycles. The molecule has 2 aromatic rings. The van der Waals surface area contributed by atoms with Gasteiger partial charge in [-0.15, -0.1) is 0 Å². The maximum Gasteiger partial charge on any atom is 0.475 e. The third-order valence-electron chi connectivity index (χ3n) is 4.52. The molecule has 0 aliphatic heterocycles. The van der Waals surface area contributed by atoms with Crippen molar-refractivity contribution in [2.75, 3.05) is 0 Å². The van der Waals surface area contributed by atoms with E-state index in [1.165, 1.54) is 19.9 Å². The Kier molecular flexibility index (Phi) is 7.75. The Morgan fingerprint density at radius 2 is 1.65 bits per heavy atom. The Labute approximate surface area is 182 Å². The molecule has 4 N–H and O–H groups in total. The van der Waals surface area contributed by atoms with Gasteiger partial charge >= 0.3 is 13.3 Å². The zero-order valence-corrected chi connectivity index (χ0v) is 17.5. The number of carbonyl (C=O) groups is 2. The molecule has 166 valence electrons. The van der Waals surface area contributed by atoms with E-state index >= 15 is 0 Å².